The van der Waals surface area contributed by atoms with Gasteiger partial charge in [-0.15, -0.1) is 0 Å². The third-order valence-corrected chi connectivity index (χ3v) is 5.29. The van der Waals surface area contributed by atoms with Gasteiger partial charge in [0.2, 0.25) is 0 Å². The van der Waals surface area contributed by atoms with E-state index in [2.05, 4.69) is 22.1 Å². The number of nitrogens with two attached hydrogens (primary N) is 1. The molecule has 0 radical (unpaired) electrons. The van der Waals surface area contributed by atoms with Crippen LogP contribution in [0.2, 0.25) is 0 Å². The van der Waals surface area contributed by atoms with Gasteiger partial charge in [-0.1, -0.05) is 19.1 Å². The number of nitrogens with zero attached hydrogens (tertiary/aromatic N) is 2. The smallest absolute Gasteiger partial charge is 0.188 e. The topological polar surface area (TPSA) is 53.6 Å². The number of nitrogens with one attached hydrogen (secondary N) is 1. The number of halogens is 1. The zero-order valence-electron chi connectivity index (χ0n) is 13.9. The summed E-state index contributed by atoms with van der Waals surface area (Å²) in [5, 5.41) is 3.28. The van der Waals surface area contributed by atoms with Crippen molar-refractivity contribution in [1.29, 1.82) is 0 Å². The van der Waals surface area contributed by atoms with E-state index in [1.165, 1.54) is 37.1 Å². The first-order valence-electron chi connectivity index (χ1n) is 8.67. The van der Waals surface area contributed by atoms with Gasteiger partial charge in [0.25, 0.3) is 0 Å². The van der Waals surface area contributed by atoms with Crippen molar-refractivity contribution in [3.05, 3.63) is 35.6 Å². The molecule has 23 heavy (non-hydrogen) atoms. The third-order valence-electron chi connectivity index (χ3n) is 5.29. The largest absolute Gasteiger partial charge is 0.370 e. The van der Waals surface area contributed by atoms with Crippen molar-refractivity contribution < 1.29 is 4.39 Å². The van der Waals surface area contributed by atoms with Crippen molar-refractivity contribution in [3.63, 3.8) is 0 Å². The Morgan fingerprint density at radius 1 is 1.39 bits per heavy atom. The zero-order valence-corrected chi connectivity index (χ0v) is 13.9. The lowest BCUT2D eigenvalue weighted by molar-refractivity contribution is 0.267. The maximum atomic E-state index is 13.1. The molecular formula is C18H27FN4. The molecular weight excluding hydrogens is 291 g/mol. The molecule has 1 atom stereocenters. The number of hydrogen-bond donors (Lipinski definition) is 2. The summed E-state index contributed by atoms with van der Waals surface area (Å²) in [5.74, 6) is 0.340. The van der Waals surface area contributed by atoms with Crippen LogP contribution in [0, 0.1) is 5.82 Å². The molecule has 126 valence electrons. The minimum atomic E-state index is -0.189. The SMILES string of the molecule is CCN1CCCC1CNC(N)=NCC1(c2ccc(F)cc2)CC1. The van der Waals surface area contributed by atoms with E-state index in [0.717, 1.165) is 25.9 Å². The summed E-state index contributed by atoms with van der Waals surface area (Å²) in [4.78, 5) is 7.03. The van der Waals surface area contributed by atoms with Gasteiger partial charge in [0.05, 0.1) is 6.54 Å². The highest BCUT2D eigenvalue weighted by Gasteiger charge is 2.44. The second-order valence-electron chi connectivity index (χ2n) is 6.79. The monoisotopic (exact) mass is 318 g/mol. The number of hydrogen-bond acceptors (Lipinski definition) is 2. The molecule has 1 saturated heterocycles. The van der Waals surface area contributed by atoms with Crippen LogP contribution in [0.4, 0.5) is 4.39 Å². The molecule has 1 saturated carbocycles. The molecule has 5 heteroatoms. The summed E-state index contributed by atoms with van der Waals surface area (Å²) in [6, 6.07) is 7.37. The molecule has 1 aromatic rings. The summed E-state index contributed by atoms with van der Waals surface area (Å²) in [6.45, 7) is 6.03. The Bertz CT molecular complexity index is 551. The molecule has 0 amide bonds. The van der Waals surface area contributed by atoms with Crippen molar-refractivity contribution in [2.75, 3.05) is 26.2 Å². The van der Waals surface area contributed by atoms with Gasteiger partial charge in [0.1, 0.15) is 5.82 Å². The first kappa shape index (κ1) is 16.2. The number of likely N-dealkylation sites (tertiary alicyclic amines) is 1. The van der Waals surface area contributed by atoms with Gasteiger partial charge in [0.15, 0.2) is 5.96 Å². The molecule has 3 rings (SSSR count). The van der Waals surface area contributed by atoms with Crippen LogP contribution in [0.1, 0.15) is 38.2 Å². The summed E-state index contributed by atoms with van der Waals surface area (Å²) >= 11 is 0. The van der Waals surface area contributed by atoms with Crippen LogP contribution in [0.3, 0.4) is 0 Å². The standard InChI is InChI=1S/C18H27FN4/c1-2-23-11-3-4-16(23)12-21-17(20)22-13-18(9-10-18)14-5-7-15(19)8-6-14/h5-8,16H,2-4,9-13H2,1H3,(H3,20,21,22). The van der Waals surface area contributed by atoms with Gasteiger partial charge in [-0.05, 0) is 56.5 Å². The molecule has 1 unspecified atom stereocenters. The summed E-state index contributed by atoms with van der Waals surface area (Å²) in [6.07, 6.45) is 4.70. The molecule has 0 spiro atoms. The first-order chi connectivity index (χ1) is 11.1. The van der Waals surface area contributed by atoms with Gasteiger partial charge in [0, 0.05) is 18.0 Å². The Labute approximate surface area is 138 Å². The minimum Gasteiger partial charge on any atom is -0.370 e. The predicted molar refractivity (Wildman–Crippen MR) is 92.1 cm³/mol. The molecule has 1 heterocycles. The van der Waals surface area contributed by atoms with Crippen LogP contribution < -0.4 is 11.1 Å². The normalized spacial score (nSPS) is 23.9. The van der Waals surface area contributed by atoms with Gasteiger partial charge >= 0.3 is 0 Å². The Balaban J connectivity index is 1.52. The van der Waals surface area contributed by atoms with Crippen molar-refractivity contribution in [3.8, 4) is 0 Å². The molecule has 0 bridgehead atoms. The van der Waals surface area contributed by atoms with E-state index in [1.54, 1.807) is 0 Å². The van der Waals surface area contributed by atoms with Crippen molar-refractivity contribution in [2.24, 2.45) is 10.7 Å². The van der Waals surface area contributed by atoms with Crippen LogP contribution in [0.25, 0.3) is 0 Å². The molecule has 0 aromatic heterocycles. The van der Waals surface area contributed by atoms with E-state index in [0.29, 0.717) is 18.5 Å². The Morgan fingerprint density at radius 3 is 2.78 bits per heavy atom. The van der Waals surface area contributed by atoms with Crippen LogP contribution in [-0.4, -0.2) is 43.1 Å². The number of benzene rings is 1. The average Bonchev–Trinajstić information content (AvgIpc) is 3.21. The van der Waals surface area contributed by atoms with Gasteiger partial charge in [-0.2, -0.15) is 0 Å². The molecule has 2 aliphatic rings. The zero-order chi connectivity index (χ0) is 16.3. The minimum absolute atomic E-state index is 0.0722. The van der Waals surface area contributed by atoms with E-state index in [9.17, 15) is 4.39 Å². The summed E-state index contributed by atoms with van der Waals surface area (Å²) in [7, 11) is 0. The Kier molecular flexibility index (Phi) is 4.85. The lowest BCUT2D eigenvalue weighted by Crippen LogP contribution is -2.43. The summed E-state index contributed by atoms with van der Waals surface area (Å²) < 4.78 is 13.1. The van der Waals surface area contributed by atoms with E-state index in [-0.39, 0.29) is 11.2 Å². The van der Waals surface area contributed by atoms with Crippen LogP contribution in [-0.2, 0) is 5.41 Å². The predicted octanol–water partition coefficient (Wildman–Crippen LogP) is 2.25. The van der Waals surface area contributed by atoms with E-state index in [1.807, 2.05) is 12.1 Å². The van der Waals surface area contributed by atoms with Gasteiger partial charge < -0.3 is 11.1 Å². The van der Waals surface area contributed by atoms with Crippen molar-refractivity contribution in [2.45, 2.75) is 44.1 Å². The molecule has 1 aromatic carbocycles. The maximum Gasteiger partial charge on any atom is 0.188 e. The number of rotatable bonds is 6. The van der Waals surface area contributed by atoms with Gasteiger partial charge in [-0.25, -0.2) is 4.39 Å². The number of guanidine groups is 1. The van der Waals surface area contributed by atoms with Crippen molar-refractivity contribution >= 4 is 5.96 Å². The molecule has 1 aliphatic carbocycles. The fourth-order valence-corrected chi connectivity index (χ4v) is 3.55. The van der Waals surface area contributed by atoms with Crippen molar-refractivity contribution in [1.82, 2.24) is 10.2 Å². The van der Waals surface area contributed by atoms with Gasteiger partial charge in [-0.3, -0.25) is 9.89 Å². The number of likely N-dealkylation sites (N-methyl/N-ethyl adjacent to an activating group) is 1. The Hall–Kier alpha value is -1.62. The van der Waals surface area contributed by atoms with Crippen LogP contribution in [0.15, 0.2) is 29.3 Å². The maximum absolute atomic E-state index is 13.1. The second kappa shape index (κ2) is 6.87. The third kappa shape index (κ3) is 3.83. The van der Waals surface area contributed by atoms with E-state index < -0.39 is 0 Å². The highest BCUT2D eigenvalue weighted by molar-refractivity contribution is 5.78. The average molecular weight is 318 g/mol. The second-order valence-corrected chi connectivity index (χ2v) is 6.79. The van der Waals surface area contributed by atoms with E-state index >= 15 is 0 Å². The first-order valence-corrected chi connectivity index (χ1v) is 8.67. The van der Waals surface area contributed by atoms with Crippen LogP contribution >= 0.6 is 0 Å². The molecule has 2 fully saturated rings. The fourth-order valence-electron chi connectivity index (χ4n) is 3.55. The highest BCUT2D eigenvalue weighted by atomic mass is 19.1. The molecule has 4 nitrogen and oxygen atoms in total. The molecule has 1 aliphatic heterocycles. The molecule has 3 N–H and O–H groups in total. The number of aliphatic imine (C=N–C) groups is 1. The summed E-state index contributed by atoms with van der Waals surface area (Å²) in [5.41, 5.74) is 7.28. The van der Waals surface area contributed by atoms with E-state index in [4.69, 9.17) is 5.73 Å². The highest BCUT2D eigenvalue weighted by Crippen LogP contribution is 2.48. The fraction of sp³-hybridized carbons (Fsp3) is 0.611. The lowest BCUT2D eigenvalue weighted by atomic mass is 9.96. The lowest BCUT2D eigenvalue weighted by Gasteiger charge is -2.23. The van der Waals surface area contributed by atoms with Crippen LogP contribution in [0.5, 0.6) is 0 Å². The Morgan fingerprint density at radius 2 is 2.13 bits per heavy atom. The quantitative estimate of drug-likeness (QED) is 0.625.